The zero-order valence-corrected chi connectivity index (χ0v) is 17.4. The summed E-state index contributed by atoms with van der Waals surface area (Å²) in [5.74, 6) is 0.0901. The number of nitrogens with one attached hydrogen (secondary N) is 1. The standard InChI is InChI=1S/C21H23N3O4S/c1-4-29(26,27)18-8-6-5-7-17(18)20(25)22-21-24-23-19(28-21)13-15-9-11-16(12-10-15)14(2)3/h5-12,14H,4,13H2,1-3H3,(H,22,24,25). The van der Waals surface area contributed by atoms with Gasteiger partial charge in [-0.3, -0.25) is 10.1 Å². The van der Waals surface area contributed by atoms with Crippen LogP contribution in [0.5, 0.6) is 0 Å². The lowest BCUT2D eigenvalue weighted by Crippen LogP contribution is -2.17. The molecule has 3 aromatic rings. The van der Waals surface area contributed by atoms with Crippen LogP contribution in [0.15, 0.2) is 57.8 Å². The molecule has 0 radical (unpaired) electrons. The van der Waals surface area contributed by atoms with Gasteiger partial charge in [0.2, 0.25) is 5.89 Å². The van der Waals surface area contributed by atoms with Gasteiger partial charge in [0.15, 0.2) is 9.84 Å². The first kappa shape index (κ1) is 20.7. The Hall–Kier alpha value is -3.00. The quantitative estimate of drug-likeness (QED) is 0.631. The molecule has 0 aliphatic rings. The van der Waals surface area contributed by atoms with Crippen LogP contribution in [0, 0.1) is 0 Å². The van der Waals surface area contributed by atoms with Gasteiger partial charge in [0, 0.05) is 0 Å². The smallest absolute Gasteiger partial charge is 0.322 e. The topological polar surface area (TPSA) is 102 Å². The Morgan fingerprint density at radius 1 is 1.07 bits per heavy atom. The van der Waals surface area contributed by atoms with Crippen molar-refractivity contribution >= 4 is 21.8 Å². The van der Waals surface area contributed by atoms with E-state index < -0.39 is 15.7 Å². The van der Waals surface area contributed by atoms with Crippen LogP contribution in [0.25, 0.3) is 0 Å². The summed E-state index contributed by atoms with van der Waals surface area (Å²) in [5.41, 5.74) is 2.29. The van der Waals surface area contributed by atoms with E-state index in [1.54, 1.807) is 12.1 Å². The molecule has 2 aromatic carbocycles. The lowest BCUT2D eigenvalue weighted by Gasteiger charge is -2.08. The maximum Gasteiger partial charge on any atom is 0.322 e. The Balaban J connectivity index is 1.73. The van der Waals surface area contributed by atoms with E-state index in [2.05, 4.69) is 41.5 Å². The van der Waals surface area contributed by atoms with Crippen LogP contribution in [0.2, 0.25) is 0 Å². The number of carbonyl (C=O) groups excluding carboxylic acids is 1. The maximum atomic E-state index is 12.6. The molecule has 0 spiro atoms. The second-order valence-corrected chi connectivity index (χ2v) is 9.17. The fourth-order valence-corrected chi connectivity index (χ4v) is 3.91. The summed E-state index contributed by atoms with van der Waals surface area (Å²) in [6.45, 7) is 5.79. The first-order chi connectivity index (χ1) is 13.8. The van der Waals surface area contributed by atoms with Crippen molar-refractivity contribution in [2.24, 2.45) is 0 Å². The lowest BCUT2D eigenvalue weighted by atomic mass is 10.0. The molecule has 0 aliphatic heterocycles. The second kappa shape index (κ2) is 8.57. The van der Waals surface area contributed by atoms with Gasteiger partial charge in [-0.2, -0.15) is 0 Å². The summed E-state index contributed by atoms with van der Waals surface area (Å²) in [6, 6.07) is 14.1. The SMILES string of the molecule is CCS(=O)(=O)c1ccccc1C(=O)Nc1nnc(Cc2ccc(C(C)C)cc2)o1. The Labute approximate surface area is 170 Å². The zero-order chi connectivity index (χ0) is 21.0. The first-order valence-corrected chi connectivity index (χ1v) is 11.0. The molecule has 0 atom stereocenters. The van der Waals surface area contributed by atoms with Gasteiger partial charge >= 0.3 is 6.01 Å². The summed E-state index contributed by atoms with van der Waals surface area (Å²) >= 11 is 0. The fourth-order valence-electron chi connectivity index (χ4n) is 2.82. The van der Waals surface area contributed by atoms with E-state index in [9.17, 15) is 13.2 Å². The third-order valence-electron chi connectivity index (χ3n) is 4.54. The largest absolute Gasteiger partial charge is 0.407 e. The van der Waals surface area contributed by atoms with Crippen molar-refractivity contribution in [3.8, 4) is 0 Å². The van der Waals surface area contributed by atoms with Crippen molar-refractivity contribution in [1.82, 2.24) is 10.2 Å². The molecule has 1 N–H and O–H groups in total. The normalized spacial score (nSPS) is 11.6. The fraction of sp³-hybridized carbons (Fsp3) is 0.286. The molecule has 0 bridgehead atoms. The number of nitrogens with zero attached hydrogens (tertiary/aromatic N) is 2. The van der Waals surface area contributed by atoms with Crippen LogP contribution in [0.4, 0.5) is 6.01 Å². The Bertz CT molecular complexity index is 1100. The minimum atomic E-state index is -3.54. The predicted molar refractivity (Wildman–Crippen MR) is 110 cm³/mol. The molecule has 8 heteroatoms. The highest BCUT2D eigenvalue weighted by Crippen LogP contribution is 2.20. The highest BCUT2D eigenvalue weighted by Gasteiger charge is 2.22. The Kier molecular flexibility index (Phi) is 6.12. The van der Waals surface area contributed by atoms with Crippen molar-refractivity contribution in [2.45, 2.75) is 38.0 Å². The van der Waals surface area contributed by atoms with Crippen LogP contribution in [0.1, 0.15) is 54.1 Å². The summed E-state index contributed by atoms with van der Waals surface area (Å²) < 4.78 is 29.9. The number of aromatic nitrogens is 2. The van der Waals surface area contributed by atoms with Crippen LogP contribution in [-0.2, 0) is 16.3 Å². The van der Waals surface area contributed by atoms with Crippen molar-refractivity contribution in [1.29, 1.82) is 0 Å². The average molecular weight is 413 g/mol. The van der Waals surface area contributed by atoms with Gasteiger partial charge in [-0.1, -0.05) is 62.3 Å². The number of sulfone groups is 1. The monoisotopic (exact) mass is 413 g/mol. The van der Waals surface area contributed by atoms with Crippen molar-refractivity contribution < 1.29 is 17.6 Å². The molecule has 152 valence electrons. The van der Waals surface area contributed by atoms with Crippen LogP contribution in [0.3, 0.4) is 0 Å². The molecule has 3 rings (SSSR count). The van der Waals surface area contributed by atoms with Crippen LogP contribution in [-0.4, -0.2) is 30.3 Å². The molecule has 0 saturated carbocycles. The number of amides is 1. The third kappa shape index (κ3) is 4.89. The highest BCUT2D eigenvalue weighted by molar-refractivity contribution is 7.91. The molecular formula is C21H23N3O4S. The van der Waals surface area contributed by atoms with Gasteiger partial charge < -0.3 is 4.42 Å². The molecule has 0 aliphatic carbocycles. The van der Waals surface area contributed by atoms with Gasteiger partial charge in [-0.05, 0) is 29.2 Å². The summed E-state index contributed by atoms with van der Waals surface area (Å²) in [6.07, 6.45) is 0.433. The van der Waals surface area contributed by atoms with Gasteiger partial charge in [0.25, 0.3) is 5.91 Å². The number of hydrogen-bond donors (Lipinski definition) is 1. The summed E-state index contributed by atoms with van der Waals surface area (Å²) in [4.78, 5) is 12.5. The van der Waals surface area contributed by atoms with Crippen molar-refractivity contribution in [2.75, 3.05) is 11.1 Å². The van der Waals surface area contributed by atoms with Crippen LogP contribution >= 0.6 is 0 Å². The van der Waals surface area contributed by atoms with E-state index in [1.165, 1.54) is 24.6 Å². The Morgan fingerprint density at radius 3 is 2.41 bits per heavy atom. The van der Waals surface area contributed by atoms with Gasteiger partial charge in [0.05, 0.1) is 22.6 Å². The molecule has 0 fully saturated rings. The average Bonchev–Trinajstić information content (AvgIpc) is 3.15. The molecule has 1 aromatic heterocycles. The van der Waals surface area contributed by atoms with E-state index in [4.69, 9.17) is 4.42 Å². The van der Waals surface area contributed by atoms with E-state index in [-0.39, 0.29) is 22.2 Å². The second-order valence-electron chi connectivity index (χ2n) is 6.93. The first-order valence-electron chi connectivity index (χ1n) is 9.34. The highest BCUT2D eigenvalue weighted by atomic mass is 32.2. The molecule has 0 saturated heterocycles. The molecule has 7 nitrogen and oxygen atoms in total. The molecule has 29 heavy (non-hydrogen) atoms. The zero-order valence-electron chi connectivity index (χ0n) is 16.5. The minimum absolute atomic E-state index is 0.0232. The molecule has 1 heterocycles. The van der Waals surface area contributed by atoms with Gasteiger partial charge in [-0.25, -0.2) is 8.42 Å². The third-order valence-corrected chi connectivity index (χ3v) is 6.32. The molecule has 0 unspecified atom stereocenters. The summed E-state index contributed by atoms with van der Waals surface area (Å²) in [5, 5.41) is 10.3. The van der Waals surface area contributed by atoms with Crippen LogP contribution < -0.4 is 5.32 Å². The molecular weight excluding hydrogens is 390 g/mol. The number of anilines is 1. The number of hydrogen-bond acceptors (Lipinski definition) is 6. The lowest BCUT2D eigenvalue weighted by molar-refractivity contribution is 0.102. The van der Waals surface area contributed by atoms with Gasteiger partial charge in [-0.15, -0.1) is 5.10 Å². The van der Waals surface area contributed by atoms with Crippen molar-refractivity contribution in [3.63, 3.8) is 0 Å². The minimum Gasteiger partial charge on any atom is -0.407 e. The molecule has 1 amide bonds. The summed E-state index contributed by atoms with van der Waals surface area (Å²) in [7, 11) is -3.54. The number of benzene rings is 2. The van der Waals surface area contributed by atoms with E-state index in [0.29, 0.717) is 18.2 Å². The van der Waals surface area contributed by atoms with Gasteiger partial charge in [0.1, 0.15) is 0 Å². The van der Waals surface area contributed by atoms with E-state index in [0.717, 1.165) is 5.56 Å². The maximum absolute atomic E-state index is 12.6. The Morgan fingerprint density at radius 2 is 1.76 bits per heavy atom. The van der Waals surface area contributed by atoms with E-state index in [1.807, 2.05) is 12.1 Å². The van der Waals surface area contributed by atoms with Crippen molar-refractivity contribution in [3.05, 3.63) is 71.1 Å². The van der Waals surface area contributed by atoms with E-state index >= 15 is 0 Å². The number of rotatable bonds is 7. The number of carbonyl (C=O) groups is 1. The predicted octanol–water partition coefficient (Wildman–Crippen LogP) is 3.83.